The lowest BCUT2D eigenvalue weighted by atomic mass is 10.1. The number of Topliss-reactive ketones (excluding diaryl/α,β-unsaturated/α-hetero) is 1. The van der Waals surface area contributed by atoms with Gasteiger partial charge in [-0.3, -0.25) is 9.48 Å². The van der Waals surface area contributed by atoms with Crippen LogP contribution in [0.5, 0.6) is 0 Å². The fourth-order valence-electron chi connectivity index (χ4n) is 1.73. The van der Waals surface area contributed by atoms with E-state index in [1.165, 1.54) is 0 Å². The van der Waals surface area contributed by atoms with E-state index in [2.05, 4.69) is 5.10 Å². The van der Waals surface area contributed by atoms with Crippen LogP contribution in [-0.2, 0) is 7.05 Å². The van der Waals surface area contributed by atoms with E-state index in [4.69, 9.17) is 5.73 Å². The molecule has 0 amide bonds. The first-order valence-corrected chi connectivity index (χ1v) is 4.89. The monoisotopic (exact) mass is 203 g/mol. The standard InChI is InChI=1S/C11H13N3O/c1-14-11(10(15)6-7-12)8-4-2-3-5-9(8)13-14/h2-5H,6-7,12H2,1H3. The van der Waals surface area contributed by atoms with E-state index >= 15 is 0 Å². The number of benzene rings is 1. The van der Waals surface area contributed by atoms with Crippen molar-refractivity contribution in [3.05, 3.63) is 30.0 Å². The molecule has 0 spiro atoms. The van der Waals surface area contributed by atoms with Crippen LogP contribution in [0.2, 0.25) is 0 Å². The Hall–Kier alpha value is -1.68. The molecule has 4 nitrogen and oxygen atoms in total. The van der Waals surface area contributed by atoms with Gasteiger partial charge in [0.2, 0.25) is 0 Å². The third-order valence-corrected chi connectivity index (χ3v) is 2.38. The number of aromatic nitrogens is 2. The SMILES string of the molecule is Cn1nc2ccccc2c1C(=O)CCN. The molecule has 15 heavy (non-hydrogen) atoms. The predicted molar refractivity (Wildman–Crippen MR) is 58.7 cm³/mol. The van der Waals surface area contributed by atoms with Gasteiger partial charge in [0.1, 0.15) is 5.69 Å². The summed E-state index contributed by atoms with van der Waals surface area (Å²) in [4.78, 5) is 11.8. The Morgan fingerprint density at radius 1 is 1.47 bits per heavy atom. The summed E-state index contributed by atoms with van der Waals surface area (Å²) in [7, 11) is 1.78. The van der Waals surface area contributed by atoms with Gasteiger partial charge in [-0.25, -0.2) is 0 Å². The molecular formula is C11H13N3O. The molecule has 0 saturated heterocycles. The molecule has 2 aromatic rings. The number of hydrogen-bond donors (Lipinski definition) is 1. The largest absolute Gasteiger partial charge is 0.330 e. The second kappa shape index (κ2) is 3.82. The van der Waals surface area contributed by atoms with E-state index in [-0.39, 0.29) is 5.78 Å². The van der Waals surface area contributed by atoms with Crippen LogP contribution in [0, 0.1) is 0 Å². The maximum atomic E-state index is 11.8. The van der Waals surface area contributed by atoms with Gasteiger partial charge < -0.3 is 5.73 Å². The zero-order chi connectivity index (χ0) is 10.8. The van der Waals surface area contributed by atoms with Gasteiger partial charge in [0, 0.05) is 18.9 Å². The molecule has 0 saturated carbocycles. The second-order valence-corrected chi connectivity index (χ2v) is 3.45. The molecule has 0 aliphatic heterocycles. The smallest absolute Gasteiger partial charge is 0.182 e. The van der Waals surface area contributed by atoms with Crippen LogP contribution >= 0.6 is 0 Å². The molecule has 0 bridgehead atoms. The van der Waals surface area contributed by atoms with Gasteiger partial charge >= 0.3 is 0 Å². The van der Waals surface area contributed by atoms with Crippen LogP contribution in [0.4, 0.5) is 0 Å². The Morgan fingerprint density at radius 2 is 2.20 bits per heavy atom. The maximum absolute atomic E-state index is 11.8. The van der Waals surface area contributed by atoms with Crippen molar-refractivity contribution in [1.29, 1.82) is 0 Å². The Kier molecular flexibility index (Phi) is 2.51. The molecule has 78 valence electrons. The topological polar surface area (TPSA) is 60.9 Å². The average molecular weight is 203 g/mol. The van der Waals surface area contributed by atoms with Crippen molar-refractivity contribution in [1.82, 2.24) is 9.78 Å². The molecule has 1 aromatic carbocycles. The minimum Gasteiger partial charge on any atom is -0.330 e. The van der Waals surface area contributed by atoms with Crippen LogP contribution < -0.4 is 5.73 Å². The molecule has 0 atom stereocenters. The minimum absolute atomic E-state index is 0.0497. The van der Waals surface area contributed by atoms with Crippen molar-refractivity contribution in [2.24, 2.45) is 12.8 Å². The van der Waals surface area contributed by atoms with Gasteiger partial charge in [-0.15, -0.1) is 0 Å². The summed E-state index contributed by atoms with van der Waals surface area (Å²) in [5.41, 5.74) is 6.88. The Balaban J connectivity index is 2.58. The van der Waals surface area contributed by atoms with E-state index in [1.807, 2.05) is 24.3 Å². The number of hydrogen-bond acceptors (Lipinski definition) is 3. The number of carbonyl (C=O) groups excluding carboxylic acids is 1. The first kappa shape index (κ1) is 9.86. The number of nitrogens with two attached hydrogens (primary N) is 1. The third-order valence-electron chi connectivity index (χ3n) is 2.38. The highest BCUT2D eigenvalue weighted by Crippen LogP contribution is 2.18. The molecule has 1 heterocycles. The predicted octanol–water partition coefficient (Wildman–Crippen LogP) is 1.10. The molecule has 0 unspecified atom stereocenters. The number of nitrogens with zero attached hydrogens (tertiary/aromatic N) is 2. The molecular weight excluding hydrogens is 190 g/mol. The summed E-state index contributed by atoms with van der Waals surface area (Å²) < 4.78 is 1.63. The first-order chi connectivity index (χ1) is 7.24. The van der Waals surface area contributed by atoms with Crippen LogP contribution in [0.25, 0.3) is 10.9 Å². The average Bonchev–Trinajstić information content (AvgIpc) is 2.54. The number of ketones is 1. The number of fused-ring (bicyclic) bond motifs is 1. The van der Waals surface area contributed by atoms with Crippen molar-refractivity contribution < 1.29 is 4.79 Å². The fraction of sp³-hybridized carbons (Fsp3) is 0.273. The molecule has 2 N–H and O–H groups in total. The van der Waals surface area contributed by atoms with Crippen molar-refractivity contribution in [3.8, 4) is 0 Å². The van der Waals surface area contributed by atoms with Gasteiger partial charge in [-0.05, 0) is 12.6 Å². The highest BCUT2D eigenvalue weighted by atomic mass is 16.1. The lowest BCUT2D eigenvalue weighted by Crippen LogP contribution is -2.12. The van der Waals surface area contributed by atoms with Crippen LogP contribution in [0.3, 0.4) is 0 Å². The van der Waals surface area contributed by atoms with Crippen LogP contribution in [-0.4, -0.2) is 22.1 Å². The van der Waals surface area contributed by atoms with Gasteiger partial charge in [-0.1, -0.05) is 18.2 Å². The number of rotatable bonds is 3. The summed E-state index contributed by atoms with van der Waals surface area (Å²) in [6, 6.07) is 7.62. The third kappa shape index (κ3) is 1.64. The van der Waals surface area contributed by atoms with E-state index in [9.17, 15) is 4.79 Å². The Bertz CT molecular complexity index is 502. The number of aryl methyl sites for hydroxylation is 1. The Morgan fingerprint density at radius 3 is 2.93 bits per heavy atom. The van der Waals surface area contributed by atoms with Crippen molar-refractivity contribution in [2.75, 3.05) is 6.54 Å². The van der Waals surface area contributed by atoms with Crippen LogP contribution in [0.1, 0.15) is 16.9 Å². The van der Waals surface area contributed by atoms with Crippen molar-refractivity contribution in [2.45, 2.75) is 6.42 Å². The molecule has 1 aromatic heterocycles. The molecule has 0 radical (unpaired) electrons. The van der Waals surface area contributed by atoms with Crippen LogP contribution in [0.15, 0.2) is 24.3 Å². The van der Waals surface area contributed by atoms with E-state index in [0.29, 0.717) is 18.7 Å². The van der Waals surface area contributed by atoms with Gasteiger partial charge in [-0.2, -0.15) is 5.10 Å². The molecule has 2 rings (SSSR count). The minimum atomic E-state index is 0.0497. The second-order valence-electron chi connectivity index (χ2n) is 3.45. The highest BCUT2D eigenvalue weighted by Gasteiger charge is 2.14. The van der Waals surface area contributed by atoms with Gasteiger partial charge in [0.15, 0.2) is 5.78 Å². The zero-order valence-electron chi connectivity index (χ0n) is 8.60. The zero-order valence-corrected chi connectivity index (χ0v) is 8.60. The van der Waals surface area contributed by atoms with E-state index in [1.54, 1.807) is 11.7 Å². The Labute approximate surface area is 87.7 Å². The summed E-state index contributed by atoms with van der Waals surface area (Å²) in [5.74, 6) is 0.0497. The highest BCUT2D eigenvalue weighted by molar-refractivity contribution is 6.06. The normalized spacial score (nSPS) is 10.8. The quantitative estimate of drug-likeness (QED) is 0.760. The van der Waals surface area contributed by atoms with E-state index in [0.717, 1.165) is 10.9 Å². The van der Waals surface area contributed by atoms with Gasteiger partial charge in [0.25, 0.3) is 0 Å². The van der Waals surface area contributed by atoms with Crippen molar-refractivity contribution in [3.63, 3.8) is 0 Å². The fourth-order valence-corrected chi connectivity index (χ4v) is 1.73. The summed E-state index contributed by atoms with van der Waals surface area (Å²) in [5, 5.41) is 5.17. The molecule has 4 heteroatoms. The molecule has 0 aliphatic carbocycles. The molecule has 0 aliphatic rings. The summed E-state index contributed by atoms with van der Waals surface area (Å²) >= 11 is 0. The van der Waals surface area contributed by atoms with E-state index < -0.39 is 0 Å². The van der Waals surface area contributed by atoms with Gasteiger partial charge in [0.05, 0.1) is 5.52 Å². The summed E-state index contributed by atoms with van der Waals surface area (Å²) in [6.07, 6.45) is 0.365. The maximum Gasteiger partial charge on any atom is 0.182 e. The van der Waals surface area contributed by atoms with Crippen molar-refractivity contribution >= 4 is 16.7 Å². The lowest BCUT2D eigenvalue weighted by Gasteiger charge is -1.99. The lowest BCUT2D eigenvalue weighted by molar-refractivity contribution is 0.0978. The molecule has 0 fully saturated rings. The first-order valence-electron chi connectivity index (χ1n) is 4.89. The summed E-state index contributed by atoms with van der Waals surface area (Å²) in [6.45, 7) is 0.373. The number of carbonyl (C=O) groups is 1.